The van der Waals surface area contributed by atoms with Crippen LogP contribution >= 0.6 is 0 Å². The first kappa shape index (κ1) is 10.5. The lowest BCUT2D eigenvalue weighted by molar-refractivity contribution is -0.185. The summed E-state index contributed by atoms with van der Waals surface area (Å²) in [6, 6.07) is -2.95. The van der Waals surface area contributed by atoms with Gasteiger partial charge in [-0.1, -0.05) is 26.5 Å². The number of rotatable bonds is 8. The number of esters is 1. The van der Waals surface area contributed by atoms with Gasteiger partial charge in [0, 0.05) is 60.2 Å². The predicted octanol–water partition coefficient (Wildman–Crippen LogP) is 4.50. The minimum atomic E-state index is -3.49. The first-order chi connectivity index (χ1) is 26.1. The first-order valence-electron chi connectivity index (χ1n) is 22.2. The molecule has 0 amide bonds. The van der Waals surface area contributed by atoms with Gasteiger partial charge in [0.25, 0.3) is 5.78 Å². The maximum Gasteiger partial charge on any atom is 0.317 e. The van der Waals surface area contributed by atoms with E-state index in [1.54, 1.807) is 0 Å². The zero-order chi connectivity index (χ0) is 44.1. The largest absolute Gasteiger partial charge is 0.458 e. The predicted molar refractivity (Wildman–Crippen MR) is 139 cm³/mol. The second-order valence-electron chi connectivity index (χ2n) is 9.06. The van der Waals surface area contributed by atoms with E-state index in [4.69, 9.17) is 33.5 Å². The average molecular weight is 525 g/mol. The van der Waals surface area contributed by atoms with Crippen LogP contribution in [0.1, 0.15) is 115 Å². The van der Waals surface area contributed by atoms with Crippen LogP contribution in [0.25, 0.3) is 5.78 Å². The molecule has 0 radical (unpaired) electrons. The lowest BCUT2D eigenvalue weighted by Gasteiger charge is -2.43. The number of carbonyl (C=O) groups excluding carboxylic acids is 2. The highest BCUT2D eigenvalue weighted by Crippen LogP contribution is 2.45. The normalized spacial score (nSPS) is 33.5. The van der Waals surface area contributed by atoms with Crippen molar-refractivity contribution in [3.05, 3.63) is 52.3 Å². The molecule has 0 aromatic carbocycles. The van der Waals surface area contributed by atoms with Crippen LogP contribution in [0.5, 0.6) is 0 Å². The van der Waals surface area contributed by atoms with Crippen molar-refractivity contribution in [3.63, 3.8) is 0 Å². The van der Waals surface area contributed by atoms with Gasteiger partial charge >= 0.3 is 5.97 Å². The third-order valence-corrected chi connectivity index (χ3v) is 6.76. The summed E-state index contributed by atoms with van der Waals surface area (Å²) < 4.78 is 176. The fourth-order valence-electron chi connectivity index (χ4n) is 5.06. The number of cyclic esters (lactones) is 1. The summed E-state index contributed by atoms with van der Waals surface area (Å²) in [4.78, 5) is 39.3. The van der Waals surface area contributed by atoms with Crippen molar-refractivity contribution in [1.82, 2.24) is 24.6 Å². The molecule has 2 atom stereocenters. The number of Topliss-reactive ketones (excluding diaryl/α,β-unsaturated/α-hetero) is 1. The maximum atomic E-state index is 14.1. The number of hydrogen-bond donors (Lipinski definition) is 0. The number of fused-ring (bicyclic) bond motifs is 1. The number of aromatic nitrogens is 5. The number of pyridine rings is 1. The van der Waals surface area contributed by atoms with Gasteiger partial charge in [0.15, 0.2) is 11.6 Å². The molecule has 8 nitrogen and oxygen atoms in total. The van der Waals surface area contributed by atoms with Gasteiger partial charge in [-0.15, -0.1) is 5.10 Å². The lowest BCUT2D eigenvalue weighted by Crippen LogP contribution is -2.52. The zero-order valence-corrected chi connectivity index (χ0v) is 19.6. The van der Waals surface area contributed by atoms with Crippen molar-refractivity contribution >= 4 is 17.5 Å². The van der Waals surface area contributed by atoms with E-state index in [2.05, 4.69) is 20.1 Å². The van der Waals surface area contributed by atoms with Gasteiger partial charge < -0.3 is 4.74 Å². The lowest BCUT2D eigenvalue weighted by atomic mass is 9.73. The molecule has 1 aliphatic heterocycles. The Balaban J connectivity index is 1.58. The quantitative estimate of drug-likeness (QED) is 0.316. The first-order valence-corrected chi connectivity index (χ1v) is 11.7. The summed E-state index contributed by atoms with van der Waals surface area (Å²) in [6.45, 7) is -13.3. The van der Waals surface area contributed by atoms with Crippen LogP contribution in [0.4, 0.5) is 0 Å². The second-order valence-corrected chi connectivity index (χ2v) is 9.06. The van der Waals surface area contributed by atoms with Crippen LogP contribution in [0.3, 0.4) is 0 Å². The Kier molecular flexibility index (Phi) is 2.94. The van der Waals surface area contributed by atoms with E-state index < -0.39 is 153 Å². The van der Waals surface area contributed by atoms with Crippen molar-refractivity contribution in [3.8, 4) is 0 Å². The summed E-state index contributed by atoms with van der Waals surface area (Å²) in [7, 11) is 0. The van der Waals surface area contributed by atoms with E-state index in [9.17, 15) is 9.59 Å². The van der Waals surface area contributed by atoms with Gasteiger partial charge in [-0.05, 0) is 81.7 Å². The summed E-state index contributed by atoms with van der Waals surface area (Å²) in [5.74, 6) is -7.05. The number of ketones is 1. The van der Waals surface area contributed by atoms with Crippen LogP contribution in [-0.2, 0) is 39.9 Å². The van der Waals surface area contributed by atoms with Gasteiger partial charge in [-0.2, -0.15) is 4.98 Å². The Morgan fingerprint density at radius 1 is 1.11 bits per heavy atom. The Morgan fingerprint density at radius 2 is 1.89 bits per heavy atom. The molecule has 4 heterocycles. The molecule has 2 aliphatic rings. The molecule has 1 saturated heterocycles. The molecule has 3 aromatic heterocycles. The molecule has 8 heteroatoms. The average Bonchev–Trinajstić information content (AvgIpc) is 3.73. The monoisotopic (exact) mass is 524 g/mol. The van der Waals surface area contributed by atoms with Crippen molar-refractivity contribution in [2.75, 3.05) is 0 Å². The zero-order valence-electron chi connectivity index (χ0n) is 40.6. The fraction of sp³-hybridized carbons (Fsp3) is 0.586. The van der Waals surface area contributed by atoms with Crippen molar-refractivity contribution in [2.45, 2.75) is 97.1 Å². The molecule has 1 unspecified atom stereocenters. The molecule has 0 bridgehead atoms. The molecule has 1 saturated carbocycles. The number of nitrogens with zero attached hydrogens (tertiary/aromatic N) is 5. The van der Waals surface area contributed by atoms with E-state index in [1.807, 2.05) is 0 Å². The Hall–Kier alpha value is -3.16. The number of aryl methyl sites for hydroxylation is 4. The molecule has 1 aliphatic carbocycles. The van der Waals surface area contributed by atoms with E-state index in [0.717, 1.165) is 0 Å². The molecular weight excluding hydrogens is 466 g/mol. The Morgan fingerprint density at radius 3 is 2.57 bits per heavy atom. The van der Waals surface area contributed by atoms with Crippen molar-refractivity contribution in [1.29, 1.82) is 0 Å². The smallest absolute Gasteiger partial charge is 0.317 e. The topological polar surface area (TPSA) is 99.3 Å². The molecule has 196 valence electrons. The minimum Gasteiger partial charge on any atom is -0.458 e. The second kappa shape index (κ2) is 10.3. The molecule has 0 N–H and O–H groups in total. The van der Waals surface area contributed by atoms with Gasteiger partial charge in [0.05, 0.1) is 4.11 Å². The Bertz CT molecular complexity index is 2060. The van der Waals surface area contributed by atoms with Crippen LogP contribution in [-0.4, -0.2) is 41.9 Å². The standard InChI is InChI=1S/C29H37N5O3/c1-5-22-14-20(15-23(6-2)31-22)11-12-29(21-9-7-8-10-21)17-25(35)24(27(36)37-29)16-26-32-28-30-18(3)13-19(4)34(28)33-26/h13-15,21,24H,5-12,16-17H2,1-4H3/t24?,29-/m1/s1/i1D3,2D3,3D3,4D3,5D2,6D2,13D,14D,15D,16D2. The van der Waals surface area contributed by atoms with Gasteiger partial charge in [-0.3, -0.25) is 14.6 Å². The highest BCUT2D eigenvalue weighted by molar-refractivity contribution is 6.01. The van der Waals surface area contributed by atoms with Crippen LogP contribution in [0.2, 0.25) is 0 Å². The molecular formula is C29H37N5O3. The van der Waals surface area contributed by atoms with Crippen molar-refractivity contribution < 1.29 is 43.1 Å². The third-order valence-electron chi connectivity index (χ3n) is 6.76. The molecule has 5 rings (SSSR count). The van der Waals surface area contributed by atoms with E-state index in [1.165, 1.54) is 0 Å². The number of carbonyl (C=O) groups is 2. The van der Waals surface area contributed by atoms with E-state index in [0.29, 0.717) is 30.2 Å². The molecule has 37 heavy (non-hydrogen) atoms. The van der Waals surface area contributed by atoms with E-state index >= 15 is 0 Å². The number of hydrogen-bond acceptors (Lipinski definition) is 7. The summed E-state index contributed by atoms with van der Waals surface area (Å²) in [5.41, 5.74) is -6.59. The fourth-order valence-corrected chi connectivity index (χ4v) is 5.06. The van der Waals surface area contributed by atoms with Crippen molar-refractivity contribution in [2.24, 2.45) is 11.8 Å². The summed E-state index contributed by atoms with van der Waals surface area (Å²) in [6.07, 6.45) is -9.75. The summed E-state index contributed by atoms with van der Waals surface area (Å²) in [5, 5.41) is 3.83. The highest BCUT2D eigenvalue weighted by Gasteiger charge is 2.51. The minimum absolute atomic E-state index is 0.383. The van der Waals surface area contributed by atoms with Crippen LogP contribution < -0.4 is 0 Å². The summed E-state index contributed by atoms with van der Waals surface area (Å²) >= 11 is 0. The Labute approximate surface area is 247 Å². The SMILES string of the molecule is [2H]c1c(C([2H])([2H])C([2H])([2H])[2H])nc(C([2H])([2H])C([2H])([2H])[2H])c([2H])c1CC[C@]1(C2CCCC2)CC(=O)C(C([2H])([2H])c2nc3nc(C([2H])([2H])[2H])c([2H])c(C([2H])([2H])[2H])n3n2)C(=O)O1. The van der Waals surface area contributed by atoms with Gasteiger partial charge in [0.1, 0.15) is 11.5 Å². The third kappa shape index (κ3) is 5.15. The van der Waals surface area contributed by atoms with E-state index in [-0.39, 0.29) is 0 Å². The van der Waals surface area contributed by atoms with Gasteiger partial charge in [-0.25, -0.2) is 9.50 Å². The maximum absolute atomic E-state index is 14.1. The van der Waals surface area contributed by atoms with Crippen LogP contribution in [0.15, 0.2) is 18.1 Å². The van der Waals surface area contributed by atoms with Gasteiger partial charge in [0.2, 0.25) is 0 Å². The molecule has 3 aromatic rings. The number of ether oxygens (including phenoxy) is 1. The molecule has 2 fully saturated rings. The molecule has 0 spiro atoms. The van der Waals surface area contributed by atoms with Crippen LogP contribution in [0, 0.1) is 25.5 Å². The highest BCUT2D eigenvalue weighted by atomic mass is 16.6.